The van der Waals surface area contributed by atoms with Gasteiger partial charge in [-0.15, -0.1) is 0 Å². The molecule has 19 heavy (non-hydrogen) atoms. The number of imidazole rings is 1. The topological polar surface area (TPSA) is 45.5 Å². The number of nitrogens with one attached hydrogen (secondary N) is 1. The number of nitrogens with zero attached hydrogens (tertiary/aromatic N) is 4. The van der Waals surface area contributed by atoms with Gasteiger partial charge in [0.25, 0.3) is 0 Å². The fraction of sp³-hybridized carbons (Fsp3) is 0.571. The molecule has 102 valence electrons. The van der Waals surface area contributed by atoms with E-state index in [0.29, 0.717) is 0 Å². The molecule has 0 saturated heterocycles. The fourth-order valence-corrected chi connectivity index (χ4v) is 2.53. The zero-order valence-corrected chi connectivity index (χ0v) is 11.8. The van der Waals surface area contributed by atoms with Crippen molar-refractivity contribution in [3.8, 4) is 0 Å². The van der Waals surface area contributed by atoms with Crippen molar-refractivity contribution in [2.75, 3.05) is 30.4 Å². The van der Waals surface area contributed by atoms with Gasteiger partial charge >= 0.3 is 0 Å². The summed E-state index contributed by atoms with van der Waals surface area (Å²) in [5, 5.41) is 3.28. The number of anilines is 2. The zero-order chi connectivity index (χ0) is 13.4. The lowest BCUT2D eigenvalue weighted by Crippen LogP contribution is -2.23. The number of hydrogen-bond donors (Lipinski definition) is 1. The molecule has 1 aliphatic rings. The van der Waals surface area contributed by atoms with Gasteiger partial charge in [0.1, 0.15) is 5.82 Å². The van der Waals surface area contributed by atoms with Crippen LogP contribution in [-0.4, -0.2) is 34.5 Å². The smallest absolute Gasteiger partial charge is 0.180 e. The summed E-state index contributed by atoms with van der Waals surface area (Å²) in [6, 6.07) is 0. The summed E-state index contributed by atoms with van der Waals surface area (Å²) in [6.07, 6.45) is 7.11. The lowest BCUT2D eigenvalue weighted by atomic mass is 10.3. The summed E-state index contributed by atoms with van der Waals surface area (Å²) in [5.74, 6) is 3.53. The normalized spacial score (nSPS) is 21.6. The van der Waals surface area contributed by atoms with Crippen molar-refractivity contribution in [3.63, 3.8) is 0 Å². The van der Waals surface area contributed by atoms with E-state index in [2.05, 4.69) is 36.1 Å². The SMILES string of the molecule is CCNc1cn2ccnc2c(N(C)CC2CC2C)n1. The Morgan fingerprint density at radius 2 is 2.32 bits per heavy atom. The first-order chi connectivity index (χ1) is 9.19. The van der Waals surface area contributed by atoms with Crippen LogP contribution in [0.4, 0.5) is 11.6 Å². The van der Waals surface area contributed by atoms with Gasteiger partial charge in [-0.1, -0.05) is 6.92 Å². The van der Waals surface area contributed by atoms with Crippen molar-refractivity contribution in [1.82, 2.24) is 14.4 Å². The molecule has 1 fully saturated rings. The van der Waals surface area contributed by atoms with E-state index in [0.717, 1.165) is 42.2 Å². The van der Waals surface area contributed by atoms with Crippen molar-refractivity contribution in [1.29, 1.82) is 0 Å². The maximum absolute atomic E-state index is 4.70. The molecule has 5 heteroatoms. The molecular weight excluding hydrogens is 238 g/mol. The first-order valence-electron chi connectivity index (χ1n) is 6.97. The molecule has 2 heterocycles. The second-order valence-corrected chi connectivity index (χ2v) is 5.49. The first kappa shape index (κ1) is 12.3. The molecular formula is C14H21N5. The molecule has 2 aromatic rings. The molecule has 2 unspecified atom stereocenters. The molecule has 2 atom stereocenters. The second-order valence-electron chi connectivity index (χ2n) is 5.49. The van der Waals surface area contributed by atoms with E-state index >= 15 is 0 Å². The predicted molar refractivity (Wildman–Crippen MR) is 77.7 cm³/mol. The highest BCUT2D eigenvalue weighted by molar-refractivity contribution is 5.66. The average molecular weight is 259 g/mol. The number of rotatable bonds is 5. The number of aromatic nitrogens is 3. The summed E-state index contributed by atoms with van der Waals surface area (Å²) in [6.45, 7) is 6.32. The van der Waals surface area contributed by atoms with Crippen LogP contribution in [0.2, 0.25) is 0 Å². The zero-order valence-electron chi connectivity index (χ0n) is 11.8. The van der Waals surface area contributed by atoms with E-state index in [-0.39, 0.29) is 0 Å². The summed E-state index contributed by atoms with van der Waals surface area (Å²) < 4.78 is 2.03. The van der Waals surface area contributed by atoms with Gasteiger partial charge in [-0.3, -0.25) is 0 Å². The Hall–Kier alpha value is -1.78. The molecule has 5 nitrogen and oxygen atoms in total. The maximum atomic E-state index is 4.70. The highest BCUT2D eigenvalue weighted by Gasteiger charge is 2.33. The Kier molecular flexibility index (Phi) is 3.05. The van der Waals surface area contributed by atoms with Crippen LogP contribution in [0.1, 0.15) is 20.3 Å². The van der Waals surface area contributed by atoms with E-state index in [1.54, 1.807) is 0 Å². The third kappa shape index (κ3) is 2.37. The summed E-state index contributed by atoms with van der Waals surface area (Å²) >= 11 is 0. The predicted octanol–water partition coefficient (Wildman–Crippen LogP) is 2.25. The number of fused-ring (bicyclic) bond motifs is 1. The van der Waals surface area contributed by atoms with Gasteiger partial charge in [0.05, 0.1) is 6.20 Å². The second kappa shape index (κ2) is 4.72. The monoisotopic (exact) mass is 259 g/mol. The van der Waals surface area contributed by atoms with Crippen LogP contribution in [0.25, 0.3) is 5.65 Å². The average Bonchev–Trinajstić information content (AvgIpc) is 2.90. The van der Waals surface area contributed by atoms with Crippen molar-refractivity contribution >= 4 is 17.3 Å². The third-order valence-corrected chi connectivity index (χ3v) is 3.86. The van der Waals surface area contributed by atoms with Gasteiger partial charge in [-0.2, -0.15) is 0 Å². The number of hydrogen-bond acceptors (Lipinski definition) is 4. The molecule has 0 aliphatic heterocycles. The highest BCUT2D eigenvalue weighted by Crippen LogP contribution is 2.38. The van der Waals surface area contributed by atoms with Gasteiger partial charge in [-0.25, -0.2) is 9.97 Å². The molecule has 0 radical (unpaired) electrons. The maximum Gasteiger partial charge on any atom is 0.180 e. The Morgan fingerprint density at radius 3 is 3.00 bits per heavy atom. The van der Waals surface area contributed by atoms with Gasteiger partial charge in [0.15, 0.2) is 11.5 Å². The summed E-state index contributed by atoms with van der Waals surface area (Å²) in [5.41, 5.74) is 0.928. The standard InChI is InChI=1S/C14H21N5/c1-4-15-12-9-19-6-5-16-13(19)14(17-12)18(3)8-11-7-10(11)2/h5-6,9-11,15H,4,7-8H2,1-3H3. The minimum atomic E-state index is 0.810. The Labute approximate surface area is 113 Å². The summed E-state index contributed by atoms with van der Waals surface area (Å²) in [4.78, 5) is 11.4. The Bertz CT molecular complexity index is 576. The quantitative estimate of drug-likeness (QED) is 0.894. The molecule has 0 spiro atoms. The van der Waals surface area contributed by atoms with Crippen LogP contribution in [0.5, 0.6) is 0 Å². The lowest BCUT2D eigenvalue weighted by molar-refractivity contribution is 0.719. The van der Waals surface area contributed by atoms with Crippen LogP contribution in [0, 0.1) is 11.8 Å². The molecule has 1 saturated carbocycles. The van der Waals surface area contributed by atoms with Crippen LogP contribution in [-0.2, 0) is 0 Å². The van der Waals surface area contributed by atoms with Crippen LogP contribution in [0.15, 0.2) is 18.6 Å². The van der Waals surface area contributed by atoms with Crippen molar-refractivity contribution in [2.45, 2.75) is 20.3 Å². The summed E-state index contributed by atoms with van der Waals surface area (Å²) in [7, 11) is 2.11. The van der Waals surface area contributed by atoms with Gasteiger partial charge in [0.2, 0.25) is 0 Å². The lowest BCUT2D eigenvalue weighted by Gasteiger charge is -2.19. The Morgan fingerprint density at radius 1 is 1.53 bits per heavy atom. The molecule has 0 amide bonds. The van der Waals surface area contributed by atoms with E-state index in [4.69, 9.17) is 4.98 Å². The van der Waals surface area contributed by atoms with Crippen molar-refractivity contribution < 1.29 is 0 Å². The van der Waals surface area contributed by atoms with E-state index in [1.165, 1.54) is 6.42 Å². The van der Waals surface area contributed by atoms with E-state index in [9.17, 15) is 0 Å². The van der Waals surface area contributed by atoms with Gasteiger partial charge in [-0.05, 0) is 25.2 Å². The molecule has 1 aliphatic carbocycles. The van der Waals surface area contributed by atoms with Crippen molar-refractivity contribution in [3.05, 3.63) is 18.6 Å². The van der Waals surface area contributed by atoms with Crippen LogP contribution in [0.3, 0.4) is 0 Å². The van der Waals surface area contributed by atoms with Crippen molar-refractivity contribution in [2.24, 2.45) is 11.8 Å². The minimum absolute atomic E-state index is 0.810. The fourth-order valence-electron chi connectivity index (χ4n) is 2.53. The van der Waals surface area contributed by atoms with E-state index < -0.39 is 0 Å². The van der Waals surface area contributed by atoms with Crippen LogP contribution < -0.4 is 10.2 Å². The minimum Gasteiger partial charge on any atom is -0.369 e. The third-order valence-electron chi connectivity index (χ3n) is 3.86. The van der Waals surface area contributed by atoms with Crippen LogP contribution >= 0.6 is 0 Å². The van der Waals surface area contributed by atoms with Gasteiger partial charge < -0.3 is 14.6 Å². The first-order valence-corrected chi connectivity index (χ1v) is 6.97. The Balaban J connectivity index is 1.92. The molecule has 0 aromatic carbocycles. The molecule has 1 N–H and O–H groups in total. The largest absolute Gasteiger partial charge is 0.369 e. The molecule has 3 rings (SSSR count). The highest BCUT2D eigenvalue weighted by atomic mass is 15.2. The molecule has 0 bridgehead atoms. The molecule has 2 aromatic heterocycles. The van der Waals surface area contributed by atoms with E-state index in [1.807, 2.05) is 23.0 Å². The van der Waals surface area contributed by atoms with Gasteiger partial charge in [0, 0.05) is 32.5 Å².